The Morgan fingerprint density at radius 2 is 2.07 bits per heavy atom. The molecule has 2 heterocycles. The first-order valence-electron chi connectivity index (χ1n) is 8.97. The fraction of sp³-hybridized carbons (Fsp3) is 0.368. The third kappa shape index (κ3) is 5.50. The lowest BCUT2D eigenvalue weighted by atomic mass is 10.3. The van der Waals surface area contributed by atoms with Gasteiger partial charge in [-0.3, -0.25) is 4.79 Å². The molecule has 10 heteroatoms. The van der Waals surface area contributed by atoms with Crippen LogP contribution in [0.1, 0.15) is 12.7 Å². The lowest BCUT2D eigenvalue weighted by Crippen LogP contribution is -2.40. The summed E-state index contributed by atoms with van der Waals surface area (Å²) in [5.74, 6) is -0.182. The number of benzene rings is 1. The normalized spacial score (nSPS) is 12.9. The quantitative estimate of drug-likeness (QED) is 0.597. The molecule has 1 amide bonds. The molecule has 0 fully saturated rings. The smallest absolute Gasteiger partial charge is 0.406 e. The van der Waals surface area contributed by atoms with E-state index >= 15 is 0 Å². The largest absolute Gasteiger partial charge is 0.467 e. The summed E-state index contributed by atoms with van der Waals surface area (Å²) >= 11 is 0. The molecule has 156 valence electrons. The molecule has 0 radical (unpaired) electrons. The zero-order valence-corrected chi connectivity index (χ0v) is 15.7. The van der Waals surface area contributed by atoms with E-state index in [2.05, 4.69) is 10.3 Å². The fourth-order valence-corrected chi connectivity index (χ4v) is 2.88. The molecule has 0 bridgehead atoms. The molecule has 1 atom stereocenters. The standard InChI is InChI=1S/C19H21F3N4O3/c1-13(27)9-23-18-24-15-6-2-3-7-16(15)26(18)11-17(28)25(12-19(20,21)22)10-14-5-4-8-29-14/h2-8,13,27H,9-12H2,1H3,(H,23,24). The number of hydrogen-bond donors (Lipinski definition) is 2. The number of halogens is 3. The Balaban J connectivity index is 1.87. The van der Waals surface area contributed by atoms with Crippen molar-refractivity contribution >= 4 is 22.9 Å². The predicted molar refractivity (Wildman–Crippen MR) is 100 cm³/mol. The van der Waals surface area contributed by atoms with Gasteiger partial charge in [0.05, 0.1) is 29.9 Å². The van der Waals surface area contributed by atoms with Gasteiger partial charge < -0.3 is 24.3 Å². The van der Waals surface area contributed by atoms with E-state index in [9.17, 15) is 23.1 Å². The second-order valence-electron chi connectivity index (χ2n) is 6.68. The van der Waals surface area contributed by atoms with Crippen molar-refractivity contribution in [3.05, 3.63) is 48.4 Å². The van der Waals surface area contributed by atoms with E-state index in [0.717, 1.165) is 0 Å². The number of imidazole rings is 1. The Labute approximate surface area is 164 Å². The molecule has 0 saturated heterocycles. The predicted octanol–water partition coefficient (Wildman–Crippen LogP) is 3.01. The monoisotopic (exact) mass is 410 g/mol. The van der Waals surface area contributed by atoms with Crippen LogP contribution < -0.4 is 5.32 Å². The van der Waals surface area contributed by atoms with Gasteiger partial charge in [0.2, 0.25) is 11.9 Å². The first kappa shape index (κ1) is 20.7. The van der Waals surface area contributed by atoms with Crippen LogP contribution in [0.15, 0.2) is 47.1 Å². The number of hydrogen-bond acceptors (Lipinski definition) is 5. The first-order chi connectivity index (χ1) is 13.7. The minimum absolute atomic E-state index is 0.177. The molecule has 1 unspecified atom stereocenters. The Hall–Kier alpha value is -3.01. The van der Waals surface area contributed by atoms with Gasteiger partial charge in [-0.2, -0.15) is 13.2 Å². The van der Waals surface area contributed by atoms with Crippen LogP contribution in [-0.4, -0.2) is 50.8 Å². The average Bonchev–Trinajstić information content (AvgIpc) is 3.26. The summed E-state index contributed by atoms with van der Waals surface area (Å²) in [5, 5.41) is 12.4. The number of rotatable bonds is 8. The van der Waals surface area contributed by atoms with Gasteiger partial charge in [0.25, 0.3) is 0 Å². The van der Waals surface area contributed by atoms with E-state index < -0.39 is 24.7 Å². The van der Waals surface area contributed by atoms with E-state index in [0.29, 0.717) is 21.9 Å². The molecule has 0 aliphatic heterocycles. The molecule has 2 aromatic heterocycles. The summed E-state index contributed by atoms with van der Waals surface area (Å²) in [6.45, 7) is -0.279. The molecule has 0 saturated carbocycles. The second-order valence-corrected chi connectivity index (χ2v) is 6.68. The van der Waals surface area contributed by atoms with Gasteiger partial charge in [-0.05, 0) is 31.2 Å². The number of alkyl halides is 3. The van der Waals surface area contributed by atoms with Gasteiger partial charge >= 0.3 is 6.18 Å². The fourth-order valence-electron chi connectivity index (χ4n) is 2.88. The van der Waals surface area contributed by atoms with Crippen molar-refractivity contribution < 1.29 is 27.5 Å². The van der Waals surface area contributed by atoms with Gasteiger partial charge in [-0.25, -0.2) is 4.98 Å². The van der Waals surface area contributed by atoms with Crippen molar-refractivity contribution in [2.24, 2.45) is 0 Å². The van der Waals surface area contributed by atoms with Crippen molar-refractivity contribution in [3.8, 4) is 0 Å². The van der Waals surface area contributed by atoms with Crippen molar-refractivity contribution in [2.45, 2.75) is 32.3 Å². The van der Waals surface area contributed by atoms with Gasteiger partial charge in [-0.15, -0.1) is 0 Å². The highest BCUT2D eigenvalue weighted by Crippen LogP contribution is 2.22. The Morgan fingerprint density at radius 1 is 1.31 bits per heavy atom. The SMILES string of the molecule is CC(O)CNc1nc2ccccc2n1CC(=O)N(Cc1ccco1)CC(F)(F)F. The van der Waals surface area contributed by atoms with Crippen LogP contribution in [0.3, 0.4) is 0 Å². The highest BCUT2D eigenvalue weighted by atomic mass is 19.4. The Kier molecular flexibility index (Phi) is 6.12. The number of nitrogens with one attached hydrogen (secondary N) is 1. The number of aliphatic hydroxyl groups is 1. The number of para-hydroxylation sites is 2. The van der Waals surface area contributed by atoms with Crippen LogP contribution in [-0.2, 0) is 17.9 Å². The van der Waals surface area contributed by atoms with Crippen molar-refractivity contribution in [1.82, 2.24) is 14.5 Å². The van der Waals surface area contributed by atoms with Crippen molar-refractivity contribution in [2.75, 3.05) is 18.4 Å². The summed E-state index contributed by atoms with van der Waals surface area (Å²) in [6, 6.07) is 10.0. The van der Waals surface area contributed by atoms with Crippen LogP contribution in [0.5, 0.6) is 0 Å². The van der Waals surface area contributed by atoms with Crippen LogP contribution in [0, 0.1) is 0 Å². The number of aliphatic hydroxyl groups excluding tert-OH is 1. The topological polar surface area (TPSA) is 83.5 Å². The second kappa shape index (κ2) is 8.56. The van der Waals surface area contributed by atoms with E-state index in [4.69, 9.17) is 4.42 Å². The first-order valence-corrected chi connectivity index (χ1v) is 8.97. The summed E-state index contributed by atoms with van der Waals surface area (Å²) in [4.78, 5) is 17.9. The molecular formula is C19H21F3N4O3. The van der Waals surface area contributed by atoms with Crippen LogP contribution >= 0.6 is 0 Å². The molecule has 0 aliphatic rings. The highest BCUT2D eigenvalue weighted by molar-refractivity contribution is 5.83. The lowest BCUT2D eigenvalue weighted by molar-refractivity contribution is -0.163. The minimum Gasteiger partial charge on any atom is -0.467 e. The van der Waals surface area contributed by atoms with Crippen LogP contribution in [0.4, 0.5) is 19.1 Å². The number of carbonyl (C=O) groups excluding carboxylic acids is 1. The summed E-state index contributed by atoms with van der Waals surface area (Å²) < 4.78 is 45.7. The summed E-state index contributed by atoms with van der Waals surface area (Å²) in [7, 11) is 0. The maximum atomic E-state index is 13.0. The van der Waals surface area contributed by atoms with Gasteiger partial charge in [0.15, 0.2) is 0 Å². The molecule has 7 nitrogen and oxygen atoms in total. The van der Waals surface area contributed by atoms with E-state index in [-0.39, 0.29) is 25.4 Å². The third-order valence-corrected chi connectivity index (χ3v) is 4.15. The van der Waals surface area contributed by atoms with E-state index in [1.54, 1.807) is 37.3 Å². The van der Waals surface area contributed by atoms with Gasteiger partial charge in [0, 0.05) is 6.54 Å². The number of amides is 1. The molecule has 0 spiro atoms. The molecule has 0 aliphatic carbocycles. The summed E-state index contributed by atoms with van der Waals surface area (Å²) in [6.07, 6.45) is -3.88. The van der Waals surface area contributed by atoms with E-state index in [1.807, 2.05) is 0 Å². The molecule has 29 heavy (non-hydrogen) atoms. The third-order valence-electron chi connectivity index (χ3n) is 4.15. The Morgan fingerprint density at radius 3 is 2.72 bits per heavy atom. The Bertz CT molecular complexity index is 951. The maximum Gasteiger partial charge on any atom is 0.406 e. The maximum absolute atomic E-state index is 13.0. The molecule has 3 rings (SSSR count). The summed E-state index contributed by atoms with van der Waals surface area (Å²) in [5.41, 5.74) is 1.18. The van der Waals surface area contributed by atoms with Crippen molar-refractivity contribution in [1.29, 1.82) is 0 Å². The average molecular weight is 410 g/mol. The molecule has 3 aromatic rings. The zero-order valence-electron chi connectivity index (χ0n) is 15.7. The van der Waals surface area contributed by atoms with Gasteiger partial charge in [0.1, 0.15) is 18.8 Å². The number of furan rings is 1. The molecule has 2 N–H and O–H groups in total. The van der Waals surface area contributed by atoms with Gasteiger partial charge in [-0.1, -0.05) is 12.1 Å². The van der Waals surface area contributed by atoms with E-state index in [1.165, 1.54) is 16.9 Å². The number of fused-ring (bicyclic) bond motifs is 1. The molecular weight excluding hydrogens is 389 g/mol. The zero-order chi connectivity index (χ0) is 21.0. The van der Waals surface area contributed by atoms with Crippen molar-refractivity contribution in [3.63, 3.8) is 0 Å². The lowest BCUT2D eigenvalue weighted by Gasteiger charge is -2.24. The molecule has 1 aromatic carbocycles. The number of nitrogens with zero attached hydrogens (tertiary/aromatic N) is 3. The van der Waals surface area contributed by atoms with Crippen LogP contribution in [0.2, 0.25) is 0 Å². The number of carbonyl (C=O) groups is 1. The number of anilines is 1. The number of aromatic nitrogens is 2. The minimum atomic E-state index is -4.55. The highest BCUT2D eigenvalue weighted by Gasteiger charge is 2.33. The van der Waals surface area contributed by atoms with Crippen LogP contribution in [0.25, 0.3) is 11.0 Å².